The summed E-state index contributed by atoms with van der Waals surface area (Å²) in [7, 11) is -4.19. The lowest BCUT2D eigenvalue weighted by Gasteiger charge is -2.37. The minimum Gasteiger partial charge on any atom is -0.444 e. The second-order valence-electron chi connectivity index (χ2n) is 13.9. The molecule has 1 aliphatic carbocycles. The number of carbonyl (C=O) groups is 4. The van der Waals surface area contributed by atoms with E-state index in [4.69, 9.17) is 4.74 Å². The number of nitrogens with zero attached hydrogens (tertiary/aromatic N) is 1. The van der Waals surface area contributed by atoms with E-state index in [1.807, 2.05) is 34.6 Å². The number of hydrogen-bond donors (Lipinski definition) is 3. The largest absolute Gasteiger partial charge is 0.444 e. The summed E-state index contributed by atoms with van der Waals surface area (Å²) in [6.45, 7) is 18.5. The molecule has 4 amide bonds. The van der Waals surface area contributed by atoms with Gasteiger partial charge in [0.05, 0.1) is 4.90 Å². The van der Waals surface area contributed by atoms with Crippen molar-refractivity contribution in [1.29, 1.82) is 0 Å². The molecule has 0 spiro atoms. The zero-order valence-corrected chi connectivity index (χ0v) is 27.2. The number of ether oxygens (including phenoxy) is 1. The summed E-state index contributed by atoms with van der Waals surface area (Å²) in [4.78, 5) is 55.6. The van der Waals surface area contributed by atoms with Crippen LogP contribution in [0.4, 0.5) is 4.79 Å². The molecule has 2 fully saturated rings. The van der Waals surface area contributed by atoms with Gasteiger partial charge in [-0.1, -0.05) is 58.9 Å². The average Bonchev–Trinajstić information content (AvgIpc) is 3.41. The second kappa shape index (κ2) is 12.3. The van der Waals surface area contributed by atoms with Crippen molar-refractivity contribution in [2.45, 2.75) is 96.4 Å². The van der Waals surface area contributed by atoms with Crippen LogP contribution in [0.15, 0.2) is 47.9 Å². The molecule has 2 aliphatic rings. The Labute approximate surface area is 255 Å². The van der Waals surface area contributed by atoms with Crippen LogP contribution in [0.25, 0.3) is 0 Å². The van der Waals surface area contributed by atoms with E-state index in [1.54, 1.807) is 39.0 Å². The van der Waals surface area contributed by atoms with E-state index in [0.717, 1.165) is 0 Å². The second-order valence-corrected chi connectivity index (χ2v) is 15.6. The zero-order chi connectivity index (χ0) is 32.5. The maximum absolute atomic E-state index is 14.1. The van der Waals surface area contributed by atoms with Gasteiger partial charge < -0.3 is 20.3 Å². The molecule has 1 saturated carbocycles. The van der Waals surface area contributed by atoms with E-state index in [9.17, 15) is 27.6 Å². The molecule has 1 aromatic carbocycles. The van der Waals surface area contributed by atoms with Crippen LogP contribution in [-0.4, -0.2) is 66.9 Å². The topological polar surface area (TPSA) is 151 Å². The summed E-state index contributed by atoms with van der Waals surface area (Å²) in [5, 5.41) is 5.51. The fraction of sp³-hybridized carbons (Fsp3) is 0.613. The molecule has 43 heavy (non-hydrogen) atoms. The molecule has 1 aliphatic heterocycles. The van der Waals surface area contributed by atoms with Crippen molar-refractivity contribution in [2.75, 3.05) is 6.54 Å². The highest BCUT2D eigenvalue weighted by Gasteiger charge is 2.62. The number of carbonyl (C=O) groups excluding carboxylic acids is 4. The van der Waals surface area contributed by atoms with Gasteiger partial charge in [-0.15, -0.1) is 6.58 Å². The Morgan fingerprint density at radius 3 is 2.16 bits per heavy atom. The molecule has 11 nitrogen and oxygen atoms in total. The molecule has 0 radical (unpaired) electrons. The van der Waals surface area contributed by atoms with E-state index in [-0.39, 0.29) is 29.7 Å². The van der Waals surface area contributed by atoms with Crippen molar-refractivity contribution in [3.05, 3.63) is 43.0 Å². The number of hydrogen-bond acceptors (Lipinski definition) is 7. The number of amides is 4. The third-order valence-electron chi connectivity index (χ3n) is 7.96. The molecular weight excluding hydrogens is 572 g/mol. The van der Waals surface area contributed by atoms with Crippen LogP contribution in [-0.2, 0) is 29.1 Å². The van der Waals surface area contributed by atoms with Crippen LogP contribution in [0, 0.1) is 23.2 Å². The van der Waals surface area contributed by atoms with E-state index in [2.05, 4.69) is 21.9 Å². The predicted molar refractivity (Wildman–Crippen MR) is 162 cm³/mol. The van der Waals surface area contributed by atoms with Gasteiger partial charge >= 0.3 is 6.09 Å². The molecule has 2 unspecified atom stereocenters. The molecule has 1 aromatic rings. The van der Waals surface area contributed by atoms with Gasteiger partial charge in [0.1, 0.15) is 23.2 Å². The molecule has 1 heterocycles. The van der Waals surface area contributed by atoms with Gasteiger partial charge in [0.15, 0.2) is 0 Å². The molecule has 3 rings (SSSR count). The van der Waals surface area contributed by atoms with Crippen LogP contribution >= 0.6 is 0 Å². The first-order chi connectivity index (χ1) is 19.7. The number of sulfonamides is 1. The Balaban J connectivity index is 1.89. The first kappa shape index (κ1) is 34.1. The predicted octanol–water partition coefficient (Wildman–Crippen LogP) is 3.36. The molecular formula is C31H46N4O7S. The fourth-order valence-corrected chi connectivity index (χ4v) is 6.60. The summed E-state index contributed by atoms with van der Waals surface area (Å²) in [6, 6.07) is 5.53. The Morgan fingerprint density at radius 1 is 1.07 bits per heavy atom. The minimum absolute atomic E-state index is 0.0121. The molecule has 0 aromatic heterocycles. The number of nitrogens with one attached hydrogen (secondary N) is 3. The lowest BCUT2D eigenvalue weighted by molar-refractivity contribution is -0.144. The van der Waals surface area contributed by atoms with Gasteiger partial charge in [-0.2, -0.15) is 0 Å². The maximum Gasteiger partial charge on any atom is 0.408 e. The summed E-state index contributed by atoms with van der Waals surface area (Å²) < 4.78 is 33.3. The monoisotopic (exact) mass is 618 g/mol. The molecule has 0 bridgehead atoms. The summed E-state index contributed by atoms with van der Waals surface area (Å²) >= 11 is 0. The molecule has 12 heteroatoms. The number of likely N-dealkylation sites (tertiary alicyclic amines) is 1. The van der Waals surface area contributed by atoms with Gasteiger partial charge in [0.25, 0.3) is 15.9 Å². The molecule has 3 N–H and O–H groups in total. The van der Waals surface area contributed by atoms with Crippen molar-refractivity contribution < 1.29 is 32.3 Å². The van der Waals surface area contributed by atoms with Crippen molar-refractivity contribution in [1.82, 2.24) is 20.3 Å². The van der Waals surface area contributed by atoms with Crippen LogP contribution < -0.4 is 15.4 Å². The fourth-order valence-electron chi connectivity index (χ4n) is 5.54. The summed E-state index contributed by atoms with van der Waals surface area (Å²) in [5.41, 5.74) is -3.02. The Kier molecular flexibility index (Phi) is 9.75. The van der Waals surface area contributed by atoms with E-state index in [0.29, 0.717) is 6.42 Å². The van der Waals surface area contributed by atoms with Crippen LogP contribution in [0.2, 0.25) is 0 Å². The van der Waals surface area contributed by atoms with E-state index < -0.39 is 68.4 Å². The lowest BCUT2D eigenvalue weighted by Crippen LogP contribution is -2.61. The highest BCUT2D eigenvalue weighted by Crippen LogP contribution is 2.45. The molecule has 238 valence electrons. The molecule has 1 saturated heterocycles. The third-order valence-corrected chi connectivity index (χ3v) is 9.30. The lowest BCUT2D eigenvalue weighted by atomic mass is 9.84. The normalized spacial score (nSPS) is 24.6. The van der Waals surface area contributed by atoms with Gasteiger partial charge in [-0.3, -0.25) is 14.4 Å². The smallest absolute Gasteiger partial charge is 0.408 e. The number of alkyl carbamates (subject to hydrolysis) is 1. The van der Waals surface area contributed by atoms with Crippen LogP contribution in [0.1, 0.15) is 68.2 Å². The number of rotatable bonds is 9. The maximum atomic E-state index is 14.1. The standard InChI is InChI=1S/C31H46N4O7S/c1-10-20-18-31(20,27(38)34-43(40,41)21-14-12-11-13-15-21)33-25(36)23-22(19(2)3)16-17-35(23)26(37)24(29(4,5)6)32-28(39)42-30(7,8)9/h10-15,19-20,22-24H,1,16-18H2,2-9H3,(H,32,39)(H,33,36)(H,34,38)/t20?,22?,23-,24+,31+/m0/s1. The summed E-state index contributed by atoms with van der Waals surface area (Å²) in [5.74, 6) is -2.60. The highest BCUT2D eigenvalue weighted by molar-refractivity contribution is 7.90. The van der Waals surface area contributed by atoms with Crippen molar-refractivity contribution in [3.63, 3.8) is 0 Å². The van der Waals surface area contributed by atoms with Crippen LogP contribution in [0.3, 0.4) is 0 Å². The minimum atomic E-state index is -4.19. The summed E-state index contributed by atoms with van der Waals surface area (Å²) in [6.07, 6.45) is 1.46. The van der Waals surface area contributed by atoms with Crippen molar-refractivity contribution >= 4 is 33.8 Å². The van der Waals surface area contributed by atoms with Crippen molar-refractivity contribution in [2.24, 2.45) is 23.2 Å². The Morgan fingerprint density at radius 2 is 1.67 bits per heavy atom. The molecule has 5 atom stereocenters. The van der Waals surface area contributed by atoms with Crippen LogP contribution in [0.5, 0.6) is 0 Å². The quantitative estimate of drug-likeness (QED) is 0.359. The van der Waals surface area contributed by atoms with Crippen molar-refractivity contribution in [3.8, 4) is 0 Å². The van der Waals surface area contributed by atoms with Gasteiger partial charge in [0, 0.05) is 12.5 Å². The first-order valence-corrected chi connectivity index (χ1v) is 16.1. The zero-order valence-electron chi connectivity index (χ0n) is 26.4. The average molecular weight is 619 g/mol. The van der Waals surface area contributed by atoms with E-state index in [1.165, 1.54) is 23.1 Å². The van der Waals surface area contributed by atoms with E-state index >= 15 is 0 Å². The Hall–Kier alpha value is -3.41. The Bertz CT molecular complexity index is 1350. The van der Waals surface area contributed by atoms with Gasteiger partial charge in [-0.25, -0.2) is 17.9 Å². The van der Waals surface area contributed by atoms with Gasteiger partial charge in [0.2, 0.25) is 11.8 Å². The highest BCUT2D eigenvalue weighted by atomic mass is 32.2. The number of benzene rings is 1. The third kappa shape index (κ3) is 7.76. The SMILES string of the molecule is C=CC1C[C@]1(NC(=O)[C@@H]1C(C(C)C)CCN1C(=O)[C@@H](NC(=O)OC(C)(C)C)C(C)(C)C)C(=O)NS(=O)(=O)c1ccccc1. The van der Waals surface area contributed by atoms with Gasteiger partial charge in [-0.05, 0) is 63.0 Å². The first-order valence-electron chi connectivity index (χ1n) is 14.6.